The van der Waals surface area contributed by atoms with Crippen LogP contribution in [0.25, 0.3) is 11.0 Å². The smallest absolute Gasteiger partial charge is 0.410 e. The second-order valence-electron chi connectivity index (χ2n) is 6.93. The fourth-order valence-electron chi connectivity index (χ4n) is 2.83. The van der Waals surface area contributed by atoms with Crippen molar-refractivity contribution in [1.82, 2.24) is 19.9 Å². The van der Waals surface area contributed by atoms with Gasteiger partial charge in [-0.15, -0.1) is 5.10 Å². The first-order chi connectivity index (χ1) is 11.3. The van der Waals surface area contributed by atoms with Gasteiger partial charge in [0.25, 0.3) is 0 Å². The molecule has 3 rings (SSSR count). The molecule has 24 heavy (non-hydrogen) atoms. The summed E-state index contributed by atoms with van der Waals surface area (Å²) in [5, 5.41) is 8.33. The van der Waals surface area contributed by atoms with E-state index in [9.17, 15) is 4.79 Å². The number of piperazine rings is 1. The number of hydrogen-bond donors (Lipinski definition) is 0. The summed E-state index contributed by atoms with van der Waals surface area (Å²) in [6.07, 6.45) is -0.245. The molecular weight excluding hydrogens is 374 g/mol. The molecule has 1 aromatic heterocycles. The molecule has 0 radical (unpaired) electrons. The normalized spacial score (nSPS) is 15.9. The van der Waals surface area contributed by atoms with E-state index in [1.165, 1.54) is 0 Å². The number of nitrogens with zero attached hydrogens (tertiary/aromatic N) is 5. The third kappa shape index (κ3) is 3.33. The quantitative estimate of drug-likeness (QED) is 0.742. The zero-order chi connectivity index (χ0) is 17.5. The Hall–Kier alpha value is -1.83. The van der Waals surface area contributed by atoms with E-state index in [1.54, 1.807) is 9.58 Å². The van der Waals surface area contributed by atoms with Gasteiger partial charge in [0.05, 0.1) is 5.69 Å². The van der Waals surface area contributed by atoms with Crippen molar-refractivity contribution in [2.45, 2.75) is 26.4 Å². The fraction of sp³-hybridized carbons (Fsp3) is 0.562. The monoisotopic (exact) mass is 395 g/mol. The average molecular weight is 396 g/mol. The highest BCUT2D eigenvalue weighted by Crippen LogP contribution is 2.31. The average Bonchev–Trinajstić information content (AvgIpc) is 2.90. The first-order valence-electron chi connectivity index (χ1n) is 7.97. The predicted octanol–water partition coefficient (Wildman–Crippen LogP) is 2.79. The first kappa shape index (κ1) is 17.0. The number of carbonyl (C=O) groups is 1. The van der Waals surface area contributed by atoms with E-state index in [-0.39, 0.29) is 6.09 Å². The molecule has 2 aromatic rings. The highest BCUT2D eigenvalue weighted by molar-refractivity contribution is 9.10. The van der Waals surface area contributed by atoms with Crippen LogP contribution in [0.2, 0.25) is 0 Å². The molecule has 2 heterocycles. The van der Waals surface area contributed by atoms with Gasteiger partial charge >= 0.3 is 6.09 Å². The lowest BCUT2D eigenvalue weighted by Crippen LogP contribution is -2.50. The second-order valence-corrected chi connectivity index (χ2v) is 7.79. The summed E-state index contributed by atoms with van der Waals surface area (Å²) in [6.45, 7) is 8.43. The number of ether oxygens (including phenoxy) is 1. The maximum Gasteiger partial charge on any atom is 0.410 e. The van der Waals surface area contributed by atoms with E-state index in [1.807, 2.05) is 33.9 Å². The molecule has 8 heteroatoms. The van der Waals surface area contributed by atoms with Crippen LogP contribution in [-0.4, -0.2) is 57.8 Å². The van der Waals surface area contributed by atoms with Gasteiger partial charge < -0.3 is 14.5 Å². The molecule has 0 bridgehead atoms. The van der Waals surface area contributed by atoms with Gasteiger partial charge in [-0.05, 0) is 48.8 Å². The van der Waals surface area contributed by atoms with Gasteiger partial charge in [-0.2, -0.15) is 0 Å². The summed E-state index contributed by atoms with van der Waals surface area (Å²) in [4.78, 5) is 16.2. The van der Waals surface area contributed by atoms with E-state index in [0.717, 1.165) is 34.3 Å². The van der Waals surface area contributed by atoms with E-state index in [0.29, 0.717) is 13.1 Å². The number of aryl methyl sites for hydroxylation is 1. The van der Waals surface area contributed by atoms with Crippen molar-refractivity contribution in [2.24, 2.45) is 7.05 Å². The predicted molar refractivity (Wildman–Crippen MR) is 96.2 cm³/mol. The number of fused-ring (bicyclic) bond motifs is 1. The number of rotatable bonds is 1. The SMILES string of the molecule is Cn1nnc2c(Br)ccc(N3CCN(C(=O)OC(C)(C)C)CC3)c21. The largest absolute Gasteiger partial charge is 0.444 e. The van der Waals surface area contributed by atoms with E-state index in [4.69, 9.17) is 4.74 Å². The Morgan fingerprint density at radius 2 is 1.88 bits per heavy atom. The Kier molecular flexibility index (Phi) is 4.42. The van der Waals surface area contributed by atoms with Crippen LogP contribution >= 0.6 is 15.9 Å². The molecule has 0 aliphatic carbocycles. The van der Waals surface area contributed by atoms with Crippen LogP contribution in [0.5, 0.6) is 0 Å². The van der Waals surface area contributed by atoms with Crippen LogP contribution in [0.3, 0.4) is 0 Å². The van der Waals surface area contributed by atoms with E-state index < -0.39 is 5.60 Å². The summed E-state index contributed by atoms with van der Waals surface area (Å²) in [6, 6.07) is 4.06. The molecular formula is C16H22BrN5O2. The summed E-state index contributed by atoms with van der Waals surface area (Å²) in [5.41, 5.74) is 2.47. The highest BCUT2D eigenvalue weighted by Gasteiger charge is 2.27. The van der Waals surface area contributed by atoms with Crippen LogP contribution in [-0.2, 0) is 11.8 Å². The minimum Gasteiger partial charge on any atom is -0.444 e. The molecule has 0 N–H and O–H groups in total. The second kappa shape index (κ2) is 6.23. The summed E-state index contributed by atoms with van der Waals surface area (Å²) >= 11 is 3.52. The molecule has 0 spiro atoms. The van der Waals surface area contributed by atoms with Gasteiger partial charge in [0.2, 0.25) is 0 Å². The highest BCUT2D eigenvalue weighted by atomic mass is 79.9. The van der Waals surface area contributed by atoms with Crippen molar-refractivity contribution in [3.63, 3.8) is 0 Å². The standard InChI is InChI=1S/C16H22BrN5O2/c1-16(2,3)24-15(23)22-9-7-21(8-10-22)12-6-5-11(17)13-14(12)20(4)19-18-13/h5-6H,7-10H2,1-4H3. The maximum absolute atomic E-state index is 12.2. The molecule has 1 aliphatic rings. The lowest BCUT2D eigenvalue weighted by molar-refractivity contribution is 0.0240. The lowest BCUT2D eigenvalue weighted by atomic mass is 10.2. The van der Waals surface area contributed by atoms with Crippen LogP contribution in [0.1, 0.15) is 20.8 Å². The van der Waals surface area contributed by atoms with Crippen LogP contribution in [0.15, 0.2) is 16.6 Å². The summed E-state index contributed by atoms with van der Waals surface area (Å²) < 4.78 is 8.17. The van der Waals surface area contributed by atoms with Gasteiger partial charge in [-0.1, -0.05) is 5.21 Å². The Labute approximate surface area is 149 Å². The van der Waals surface area contributed by atoms with Crippen molar-refractivity contribution in [3.05, 3.63) is 16.6 Å². The molecule has 0 unspecified atom stereocenters. The van der Waals surface area contributed by atoms with Gasteiger partial charge in [0.1, 0.15) is 16.6 Å². The van der Waals surface area contributed by atoms with Crippen molar-refractivity contribution in [3.8, 4) is 0 Å². The zero-order valence-corrected chi connectivity index (χ0v) is 16.0. The number of carbonyl (C=O) groups excluding carboxylic acids is 1. The van der Waals surface area contributed by atoms with Crippen LogP contribution in [0, 0.1) is 0 Å². The minimum absolute atomic E-state index is 0.245. The Balaban J connectivity index is 1.75. The molecule has 1 aromatic carbocycles. The number of halogens is 1. The third-order valence-electron chi connectivity index (χ3n) is 3.96. The Bertz CT molecular complexity index is 760. The van der Waals surface area contributed by atoms with Crippen molar-refractivity contribution in [2.75, 3.05) is 31.1 Å². The van der Waals surface area contributed by atoms with Crippen LogP contribution in [0.4, 0.5) is 10.5 Å². The molecule has 0 atom stereocenters. The lowest BCUT2D eigenvalue weighted by Gasteiger charge is -2.37. The number of amides is 1. The van der Waals surface area contributed by atoms with Gasteiger partial charge in [0, 0.05) is 37.7 Å². The Morgan fingerprint density at radius 1 is 1.21 bits per heavy atom. The van der Waals surface area contributed by atoms with Gasteiger partial charge in [-0.3, -0.25) is 0 Å². The third-order valence-corrected chi connectivity index (χ3v) is 4.60. The zero-order valence-electron chi connectivity index (χ0n) is 14.4. The first-order valence-corrected chi connectivity index (χ1v) is 8.76. The molecule has 1 saturated heterocycles. The number of benzene rings is 1. The van der Waals surface area contributed by atoms with E-state index >= 15 is 0 Å². The number of aromatic nitrogens is 3. The summed E-state index contributed by atoms with van der Waals surface area (Å²) in [5.74, 6) is 0. The van der Waals surface area contributed by atoms with Crippen molar-refractivity contribution < 1.29 is 9.53 Å². The van der Waals surface area contributed by atoms with E-state index in [2.05, 4.69) is 37.2 Å². The topological polar surface area (TPSA) is 63.5 Å². The molecule has 1 aliphatic heterocycles. The Morgan fingerprint density at radius 3 is 2.50 bits per heavy atom. The summed E-state index contributed by atoms with van der Waals surface area (Å²) in [7, 11) is 1.89. The van der Waals surface area contributed by atoms with Gasteiger partial charge in [-0.25, -0.2) is 9.48 Å². The molecule has 7 nitrogen and oxygen atoms in total. The molecule has 1 amide bonds. The minimum atomic E-state index is -0.466. The van der Waals surface area contributed by atoms with Gasteiger partial charge in [0.15, 0.2) is 0 Å². The van der Waals surface area contributed by atoms with Crippen LogP contribution < -0.4 is 4.90 Å². The van der Waals surface area contributed by atoms with Crippen molar-refractivity contribution >= 4 is 38.7 Å². The number of anilines is 1. The number of hydrogen-bond acceptors (Lipinski definition) is 5. The molecule has 1 fully saturated rings. The molecule has 130 valence electrons. The molecule has 0 saturated carbocycles. The van der Waals surface area contributed by atoms with Crippen molar-refractivity contribution in [1.29, 1.82) is 0 Å². The maximum atomic E-state index is 12.2. The fourth-order valence-corrected chi connectivity index (χ4v) is 3.23.